The molecular formula is C18H20FNO5S. The van der Waals surface area contributed by atoms with Gasteiger partial charge in [0.2, 0.25) is 0 Å². The van der Waals surface area contributed by atoms with Crippen LogP contribution >= 0.6 is 0 Å². The summed E-state index contributed by atoms with van der Waals surface area (Å²) in [6.45, 7) is 0.611. The van der Waals surface area contributed by atoms with Crippen LogP contribution in [0.5, 0.6) is 5.75 Å². The van der Waals surface area contributed by atoms with E-state index < -0.39 is 21.8 Å². The van der Waals surface area contributed by atoms with Gasteiger partial charge in [-0.15, -0.1) is 0 Å². The normalized spacial score (nSPS) is 11.2. The molecule has 2 aromatic carbocycles. The second-order valence-electron chi connectivity index (χ2n) is 5.63. The van der Waals surface area contributed by atoms with Crippen molar-refractivity contribution in [2.75, 3.05) is 26.5 Å². The van der Waals surface area contributed by atoms with Crippen molar-refractivity contribution in [2.45, 2.75) is 6.54 Å². The Morgan fingerprint density at radius 2 is 1.88 bits per heavy atom. The largest absolute Gasteiger partial charge is 0.383 e. The van der Waals surface area contributed by atoms with Gasteiger partial charge >= 0.3 is 10.1 Å². The standard InChI is InChI=1S/C18H20FNO5S/c1-24-11-10-20(18(21)14-7-5-8-16(19)12-14)13-15-6-3-4-9-17(15)25-26(2,22)23/h3-9,12H,10-11,13H2,1-2H3. The van der Waals surface area contributed by atoms with E-state index in [1.165, 1.54) is 36.3 Å². The molecule has 6 nitrogen and oxygen atoms in total. The number of ether oxygens (including phenoxy) is 1. The highest BCUT2D eigenvalue weighted by Gasteiger charge is 2.19. The summed E-state index contributed by atoms with van der Waals surface area (Å²) in [6.07, 6.45) is 0.949. The van der Waals surface area contributed by atoms with Crippen LogP contribution in [0.4, 0.5) is 4.39 Å². The molecule has 0 aromatic heterocycles. The van der Waals surface area contributed by atoms with Crippen molar-refractivity contribution in [3.63, 3.8) is 0 Å². The summed E-state index contributed by atoms with van der Waals surface area (Å²) in [5.74, 6) is -0.761. The predicted octanol–water partition coefficient (Wildman–Crippen LogP) is 2.45. The van der Waals surface area contributed by atoms with Gasteiger partial charge in [-0.25, -0.2) is 4.39 Å². The van der Waals surface area contributed by atoms with Crippen LogP contribution in [0.1, 0.15) is 15.9 Å². The third-order valence-corrected chi connectivity index (χ3v) is 3.98. The molecule has 2 rings (SSSR count). The first kappa shape index (κ1) is 19.9. The van der Waals surface area contributed by atoms with Crippen molar-refractivity contribution in [2.24, 2.45) is 0 Å². The third-order valence-electron chi connectivity index (χ3n) is 3.50. The second-order valence-corrected chi connectivity index (χ2v) is 7.20. The van der Waals surface area contributed by atoms with E-state index in [4.69, 9.17) is 8.92 Å². The molecule has 26 heavy (non-hydrogen) atoms. The Kier molecular flexibility index (Phi) is 6.70. The number of halogens is 1. The van der Waals surface area contributed by atoms with Crippen LogP contribution in [0.2, 0.25) is 0 Å². The Labute approximate surface area is 152 Å². The minimum absolute atomic E-state index is 0.0877. The summed E-state index contributed by atoms with van der Waals surface area (Å²) >= 11 is 0. The van der Waals surface area contributed by atoms with Crippen molar-refractivity contribution in [1.29, 1.82) is 0 Å². The molecule has 0 bridgehead atoms. The smallest absolute Gasteiger partial charge is 0.306 e. The van der Waals surface area contributed by atoms with Gasteiger partial charge in [0, 0.05) is 31.3 Å². The van der Waals surface area contributed by atoms with Crippen molar-refractivity contribution in [1.82, 2.24) is 4.90 Å². The van der Waals surface area contributed by atoms with Gasteiger partial charge in [-0.2, -0.15) is 8.42 Å². The molecule has 0 spiro atoms. The van der Waals surface area contributed by atoms with E-state index in [1.54, 1.807) is 18.2 Å². The summed E-state index contributed by atoms with van der Waals surface area (Å²) in [6, 6.07) is 11.9. The molecule has 0 unspecified atom stereocenters. The van der Waals surface area contributed by atoms with Crippen molar-refractivity contribution < 1.29 is 26.5 Å². The topological polar surface area (TPSA) is 72.9 Å². The number of para-hydroxylation sites is 1. The number of methoxy groups -OCH3 is 1. The van der Waals surface area contributed by atoms with E-state index in [1.807, 2.05) is 0 Å². The Bertz CT molecular complexity index is 869. The molecule has 8 heteroatoms. The third kappa shape index (κ3) is 5.82. The molecule has 0 aliphatic rings. The highest BCUT2D eigenvalue weighted by molar-refractivity contribution is 7.86. The first-order chi connectivity index (χ1) is 12.3. The molecule has 0 heterocycles. The monoisotopic (exact) mass is 381 g/mol. The zero-order valence-electron chi connectivity index (χ0n) is 14.5. The molecule has 0 N–H and O–H groups in total. The van der Waals surface area contributed by atoms with E-state index in [2.05, 4.69) is 0 Å². The lowest BCUT2D eigenvalue weighted by atomic mass is 10.1. The number of hydrogen-bond donors (Lipinski definition) is 0. The zero-order chi connectivity index (χ0) is 19.2. The van der Waals surface area contributed by atoms with Gasteiger partial charge < -0.3 is 13.8 Å². The van der Waals surface area contributed by atoms with E-state index >= 15 is 0 Å². The predicted molar refractivity (Wildman–Crippen MR) is 94.9 cm³/mol. The molecule has 140 valence electrons. The van der Waals surface area contributed by atoms with Crippen LogP contribution in [0, 0.1) is 5.82 Å². The van der Waals surface area contributed by atoms with E-state index in [0.717, 1.165) is 12.3 Å². The van der Waals surface area contributed by atoms with Crippen molar-refractivity contribution in [3.8, 4) is 5.75 Å². The Balaban J connectivity index is 2.30. The molecule has 0 radical (unpaired) electrons. The number of rotatable bonds is 8. The zero-order valence-corrected chi connectivity index (χ0v) is 15.3. The fraction of sp³-hybridized carbons (Fsp3) is 0.278. The Morgan fingerprint density at radius 1 is 1.15 bits per heavy atom. The fourth-order valence-electron chi connectivity index (χ4n) is 2.34. The van der Waals surface area contributed by atoms with Crippen LogP contribution in [0.3, 0.4) is 0 Å². The lowest BCUT2D eigenvalue weighted by Gasteiger charge is -2.23. The van der Waals surface area contributed by atoms with Gasteiger partial charge in [0.1, 0.15) is 11.6 Å². The summed E-state index contributed by atoms with van der Waals surface area (Å²) in [5, 5.41) is 0. The maximum Gasteiger partial charge on any atom is 0.306 e. The first-order valence-corrected chi connectivity index (χ1v) is 9.63. The number of hydrogen-bond acceptors (Lipinski definition) is 5. The van der Waals surface area contributed by atoms with Gasteiger partial charge in [-0.1, -0.05) is 24.3 Å². The minimum Gasteiger partial charge on any atom is -0.383 e. The summed E-state index contributed by atoms with van der Waals surface area (Å²) < 4.78 is 46.3. The van der Waals surface area contributed by atoms with Gasteiger partial charge in [-0.05, 0) is 24.3 Å². The molecule has 0 aliphatic carbocycles. The van der Waals surface area contributed by atoms with Crippen LogP contribution in [-0.4, -0.2) is 45.7 Å². The number of benzene rings is 2. The summed E-state index contributed by atoms with van der Waals surface area (Å²) in [7, 11) is -2.20. The Morgan fingerprint density at radius 3 is 2.54 bits per heavy atom. The lowest BCUT2D eigenvalue weighted by Crippen LogP contribution is -2.33. The summed E-state index contributed by atoms with van der Waals surface area (Å²) in [4.78, 5) is 14.2. The molecule has 1 amide bonds. The van der Waals surface area contributed by atoms with Crippen molar-refractivity contribution in [3.05, 3.63) is 65.5 Å². The van der Waals surface area contributed by atoms with Gasteiger partial charge in [0.15, 0.2) is 0 Å². The van der Waals surface area contributed by atoms with Gasteiger partial charge in [0.25, 0.3) is 5.91 Å². The van der Waals surface area contributed by atoms with E-state index in [9.17, 15) is 17.6 Å². The highest BCUT2D eigenvalue weighted by Crippen LogP contribution is 2.22. The SMILES string of the molecule is COCCN(Cc1ccccc1OS(C)(=O)=O)C(=O)c1cccc(F)c1. The molecule has 0 atom stereocenters. The maximum atomic E-state index is 13.4. The van der Waals surface area contributed by atoms with Crippen LogP contribution in [0.15, 0.2) is 48.5 Å². The average molecular weight is 381 g/mol. The average Bonchev–Trinajstić information content (AvgIpc) is 2.58. The number of amides is 1. The van der Waals surface area contributed by atoms with Gasteiger partial charge in [0.05, 0.1) is 12.9 Å². The maximum absolute atomic E-state index is 13.4. The number of carbonyl (C=O) groups excluding carboxylic acids is 1. The lowest BCUT2D eigenvalue weighted by molar-refractivity contribution is 0.0679. The van der Waals surface area contributed by atoms with Crippen LogP contribution in [0.25, 0.3) is 0 Å². The van der Waals surface area contributed by atoms with Gasteiger partial charge in [-0.3, -0.25) is 4.79 Å². The quantitative estimate of drug-likeness (QED) is 0.657. The molecule has 0 saturated heterocycles. The van der Waals surface area contributed by atoms with Crippen LogP contribution < -0.4 is 4.18 Å². The summed E-state index contributed by atoms with van der Waals surface area (Å²) in [5.41, 5.74) is 0.710. The number of nitrogens with zero attached hydrogens (tertiary/aromatic N) is 1. The van der Waals surface area contributed by atoms with Crippen LogP contribution in [-0.2, 0) is 21.4 Å². The van der Waals surface area contributed by atoms with E-state index in [0.29, 0.717) is 5.56 Å². The van der Waals surface area contributed by atoms with Crippen molar-refractivity contribution >= 4 is 16.0 Å². The minimum atomic E-state index is -3.71. The second kappa shape index (κ2) is 8.77. The molecular weight excluding hydrogens is 361 g/mol. The molecule has 0 fully saturated rings. The number of carbonyl (C=O) groups is 1. The molecule has 0 aliphatic heterocycles. The highest BCUT2D eigenvalue weighted by atomic mass is 32.2. The Hall–Kier alpha value is -2.45. The van der Waals surface area contributed by atoms with E-state index in [-0.39, 0.29) is 31.0 Å². The fourth-order valence-corrected chi connectivity index (χ4v) is 2.83. The molecule has 0 saturated carbocycles. The molecule has 2 aromatic rings. The first-order valence-electron chi connectivity index (χ1n) is 7.81.